The van der Waals surface area contributed by atoms with E-state index in [1.165, 1.54) is 17.7 Å². The van der Waals surface area contributed by atoms with Gasteiger partial charge in [0.1, 0.15) is 18.4 Å². The monoisotopic (exact) mass is 481 g/mol. The molecule has 0 bridgehead atoms. The van der Waals surface area contributed by atoms with Crippen molar-refractivity contribution < 1.29 is 14.0 Å². The molecule has 2 atom stereocenters. The maximum absolute atomic E-state index is 13.8. The molecule has 1 fully saturated rings. The summed E-state index contributed by atoms with van der Waals surface area (Å²) in [6.07, 6.45) is 0.463. The zero-order valence-electron chi connectivity index (χ0n) is 20.4. The largest absolute Gasteiger partial charge is 0.356 e. The molecular weight excluding hydrogens is 453 g/mol. The van der Waals surface area contributed by atoms with Gasteiger partial charge in [-0.25, -0.2) is 4.39 Å². The van der Waals surface area contributed by atoms with Gasteiger partial charge in [-0.05, 0) is 46.4 Å². The van der Waals surface area contributed by atoms with E-state index >= 15 is 0 Å². The Hall–Kier alpha value is -3.93. The summed E-state index contributed by atoms with van der Waals surface area (Å²) in [5.74, 6) is -0.0703. The van der Waals surface area contributed by atoms with Gasteiger partial charge in [-0.15, -0.1) is 0 Å². The van der Waals surface area contributed by atoms with Crippen LogP contribution in [0.1, 0.15) is 53.8 Å². The molecule has 4 aromatic rings. The molecule has 1 saturated heterocycles. The summed E-state index contributed by atoms with van der Waals surface area (Å²) in [4.78, 5) is 34.4. The van der Waals surface area contributed by atoms with Crippen molar-refractivity contribution in [3.05, 3.63) is 107 Å². The average Bonchev–Trinajstić information content (AvgIpc) is 3.25. The summed E-state index contributed by atoms with van der Waals surface area (Å²) in [7, 11) is 0. The summed E-state index contributed by atoms with van der Waals surface area (Å²) in [6, 6.07) is 21.6. The standard InChI is InChI=1S/C30H28FN3O2/c1-18(2)20-9-11-21(12-10-20)29-28-24(23-5-3-4-6-25(23)32-28)15-26-30(36)33(17-27(35)34(26)29)16-19-7-13-22(31)14-8-19/h3-14,18,26,29,32H,15-17H2,1-2H3. The van der Waals surface area contributed by atoms with Crippen molar-refractivity contribution in [3.63, 3.8) is 0 Å². The highest BCUT2D eigenvalue weighted by Gasteiger charge is 2.48. The molecule has 0 spiro atoms. The average molecular weight is 482 g/mol. The first-order valence-electron chi connectivity index (χ1n) is 12.4. The molecule has 3 aromatic carbocycles. The van der Waals surface area contributed by atoms with Gasteiger partial charge in [0.05, 0.1) is 6.04 Å². The highest BCUT2D eigenvalue weighted by Crippen LogP contribution is 2.42. The molecule has 6 heteroatoms. The molecule has 1 N–H and O–H groups in total. The van der Waals surface area contributed by atoms with E-state index in [1.54, 1.807) is 21.9 Å². The number of aromatic amines is 1. The third-order valence-electron chi connectivity index (χ3n) is 7.55. The Morgan fingerprint density at radius 2 is 1.69 bits per heavy atom. The number of benzene rings is 3. The van der Waals surface area contributed by atoms with Gasteiger partial charge in [0.2, 0.25) is 11.8 Å². The molecule has 0 aliphatic carbocycles. The van der Waals surface area contributed by atoms with Gasteiger partial charge in [-0.2, -0.15) is 0 Å². The Balaban J connectivity index is 1.43. The predicted octanol–water partition coefficient (Wildman–Crippen LogP) is 5.32. The minimum Gasteiger partial charge on any atom is -0.356 e. The molecule has 1 aromatic heterocycles. The second kappa shape index (κ2) is 8.63. The fraction of sp³-hybridized carbons (Fsp3) is 0.267. The number of carbonyl (C=O) groups excluding carboxylic acids is 2. The van der Waals surface area contributed by atoms with Crippen LogP contribution in [-0.2, 0) is 22.6 Å². The van der Waals surface area contributed by atoms with Gasteiger partial charge in [0, 0.05) is 29.6 Å². The Labute approximate surface area is 209 Å². The Kier molecular flexibility index (Phi) is 5.40. The number of amides is 2. The van der Waals surface area contributed by atoms with E-state index in [4.69, 9.17) is 0 Å². The number of hydrogen-bond acceptors (Lipinski definition) is 2. The molecule has 3 heterocycles. The number of nitrogens with one attached hydrogen (secondary N) is 1. The second-order valence-electron chi connectivity index (χ2n) is 10.1. The number of fused-ring (bicyclic) bond motifs is 4. The zero-order valence-corrected chi connectivity index (χ0v) is 20.4. The van der Waals surface area contributed by atoms with Crippen LogP contribution in [0, 0.1) is 5.82 Å². The Morgan fingerprint density at radius 1 is 0.972 bits per heavy atom. The first-order chi connectivity index (χ1) is 17.4. The van der Waals surface area contributed by atoms with Crippen LogP contribution in [-0.4, -0.2) is 39.2 Å². The fourth-order valence-corrected chi connectivity index (χ4v) is 5.68. The molecule has 2 amide bonds. The number of rotatable bonds is 4. The van der Waals surface area contributed by atoms with E-state index in [-0.39, 0.29) is 36.8 Å². The Morgan fingerprint density at radius 3 is 2.42 bits per heavy atom. The van der Waals surface area contributed by atoms with Crippen molar-refractivity contribution in [2.24, 2.45) is 0 Å². The van der Waals surface area contributed by atoms with Crippen LogP contribution in [0.4, 0.5) is 4.39 Å². The molecule has 6 rings (SSSR count). The van der Waals surface area contributed by atoms with Crippen molar-refractivity contribution in [1.82, 2.24) is 14.8 Å². The number of nitrogens with zero attached hydrogens (tertiary/aromatic N) is 2. The van der Waals surface area contributed by atoms with Crippen molar-refractivity contribution in [3.8, 4) is 0 Å². The number of aromatic nitrogens is 1. The lowest BCUT2D eigenvalue weighted by Crippen LogP contribution is -2.62. The van der Waals surface area contributed by atoms with Crippen molar-refractivity contribution in [1.29, 1.82) is 0 Å². The van der Waals surface area contributed by atoms with Crippen molar-refractivity contribution in [2.45, 2.75) is 44.8 Å². The van der Waals surface area contributed by atoms with Crippen LogP contribution >= 0.6 is 0 Å². The van der Waals surface area contributed by atoms with E-state index in [0.29, 0.717) is 12.3 Å². The number of hydrogen-bond donors (Lipinski definition) is 1. The van der Waals surface area contributed by atoms with E-state index < -0.39 is 6.04 Å². The fourth-order valence-electron chi connectivity index (χ4n) is 5.68. The van der Waals surface area contributed by atoms with Crippen molar-refractivity contribution in [2.75, 3.05) is 6.54 Å². The lowest BCUT2D eigenvalue weighted by atomic mass is 9.85. The summed E-state index contributed by atoms with van der Waals surface area (Å²) >= 11 is 0. The molecule has 182 valence electrons. The number of carbonyl (C=O) groups is 2. The van der Waals surface area contributed by atoms with Gasteiger partial charge in [-0.3, -0.25) is 9.59 Å². The highest BCUT2D eigenvalue weighted by atomic mass is 19.1. The second-order valence-corrected chi connectivity index (χ2v) is 10.1. The maximum Gasteiger partial charge on any atom is 0.246 e. The molecule has 2 unspecified atom stereocenters. The number of piperazine rings is 1. The van der Waals surface area contributed by atoms with Crippen LogP contribution in [0.15, 0.2) is 72.8 Å². The molecule has 0 radical (unpaired) electrons. The van der Waals surface area contributed by atoms with Gasteiger partial charge < -0.3 is 14.8 Å². The topological polar surface area (TPSA) is 56.4 Å². The maximum atomic E-state index is 13.8. The third kappa shape index (κ3) is 3.68. The van der Waals surface area contributed by atoms with Gasteiger partial charge >= 0.3 is 0 Å². The summed E-state index contributed by atoms with van der Waals surface area (Å²) in [5.41, 5.74) is 6.11. The minimum absolute atomic E-state index is 0.00283. The molecule has 2 aliphatic heterocycles. The van der Waals surface area contributed by atoms with Crippen molar-refractivity contribution >= 4 is 22.7 Å². The quantitative estimate of drug-likeness (QED) is 0.429. The van der Waals surface area contributed by atoms with Gasteiger partial charge in [0.15, 0.2) is 0 Å². The zero-order chi connectivity index (χ0) is 25.0. The lowest BCUT2D eigenvalue weighted by molar-refractivity contribution is -0.159. The number of halogens is 1. The van der Waals surface area contributed by atoms with Crippen LogP contribution in [0.3, 0.4) is 0 Å². The van der Waals surface area contributed by atoms with E-state index in [1.807, 2.05) is 18.2 Å². The van der Waals surface area contributed by atoms with Crippen LogP contribution < -0.4 is 0 Å². The molecule has 36 heavy (non-hydrogen) atoms. The number of para-hydroxylation sites is 1. The van der Waals surface area contributed by atoms with Gasteiger partial charge in [-0.1, -0.05) is 68.4 Å². The minimum atomic E-state index is -0.590. The van der Waals surface area contributed by atoms with Gasteiger partial charge in [0.25, 0.3) is 0 Å². The smallest absolute Gasteiger partial charge is 0.246 e. The SMILES string of the molecule is CC(C)c1ccc(C2c3[nH]c4ccccc4c3CC3C(=O)N(Cc4ccc(F)cc4)CC(=O)N32)cc1. The lowest BCUT2D eigenvalue weighted by Gasteiger charge is -2.47. The van der Waals surface area contributed by atoms with E-state index in [2.05, 4.69) is 49.2 Å². The molecule has 0 saturated carbocycles. The predicted molar refractivity (Wildman–Crippen MR) is 137 cm³/mol. The first-order valence-corrected chi connectivity index (χ1v) is 12.4. The van der Waals surface area contributed by atoms with E-state index in [0.717, 1.165) is 33.3 Å². The van der Waals surface area contributed by atoms with Crippen LogP contribution in [0.5, 0.6) is 0 Å². The summed E-state index contributed by atoms with van der Waals surface area (Å²) in [5, 5.41) is 1.09. The Bertz CT molecular complexity index is 1460. The van der Waals surface area contributed by atoms with Crippen LogP contribution in [0.2, 0.25) is 0 Å². The summed E-state index contributed by atoms with van der Waals surface area (Å²) in [6.45, 7) is 4.60. The highest BCUT2D eigenvalue weighted by molar-refractivity contribution is 5.97. The van der Waals surface area contributed by atoms with E-state index in [9.17, 15) is 14.0 Å². The van der Waals surface area contributed by atoms with Crippen LogP contribution in [0.25, 0.3) is 10.9 Å². The third-order valence-corrected chi connectivity index (χ3v) is 7.55. The first kappa shape index (κ1) is 22.5. The molecular formula is C30H28FN3O2. The molecule has 2 aliphatic rings. The summed E-state index contributed by atoms with van der Waals surface area (Å²) < 4.78 is 13.4. The normalized spacial score (nSPS) is 19.7. The number of H-pyrrole nitrogens is 1. The molecule has 5 nitrogen and oxygen atoms in total.